The number of ketones is 1. The number of amides is 1. The molecule has 10 nitrogen and oxygen atoms in total. The van der Waals surface area contributed by atoms with E-state index in [-0.39, 0.29) is 24.4 Å². The van der Waals surface area contributed by atoms with Crippen LogP contribution < -0.4 is 19.5 Å². The number of rotatable bonds is 11. The second-order valence-electron chi connectivity index (χ2n) is 10.8. The first-order chi connectivity index (χ1) is 20.6. The summed E-state index contributed by atoms with van der Waals surface area (Å²) in [5.41, 5.74) is 2.05. The van der Waals surface area contributed by atoms with Gasteiger partial charge < -0.3 is 24.3 Å². The quantitative estimate of drug-likeness (QED) is 0.229. The number of pyridine rings is 2. The number of alkyl carbamates (subject to hydrolysis) is 1. The topological polar surface area (TPSA) is 133 Å². The lowest BCUT2D eigenvalue weighted by molar-refractivity contribution is 0.0487. The van der Waals surface area contributed by atoms with Crippen molar-refractivity contribution in [2.75, 3.05) is 20.8 Å². The molecule has 222 valence electrons. The summed E-state index contributed by atoms with van der Waals surface area (Å²) in [5, 5.41) is 13.3. The van der Waals surface area contributed by atoms with Crippen LogP contribution in [0.3, 0.4) is 0 Å². The van der Waals surface area contributed by atoms with Crippen LogP contribution in [0.2, 0.25) is 0 Å². The van der Waals surface area contributed by atoms with Crippen molar-refractivity contribution in [3.05, 3.63) is 89.4 Å². The molecule has 0 fully saturated rings. The minimum Gasteiger partial charge on any atom is -0.493 e. The lowest BCUT2D eigenvalue weighted by atomic mass is 9.96. The van der Waals surface area contributed by atoms with Gasteiger partial charge >= 0.3 is 6.09 Å². The summed E-state index contributed by atoms with van der Waals surface area (Å²) in [5.74, 6) is 1.05. The van der Waals surface area contributed by atoms with Gasteiger partial charge in [-0.3, -0.25) is 14.8 Å². The fourth-order valence-corrected chi connectivity index (χ4v) is 4.49. The molecule has 0 aliphatic carbocycles. The number of hydrogen-bond donors (Lipinski definition) is 1. The standard InChI is InChI=1S/C33H34N4O6/c1-33(2,3)43-32(39)37-24(11-21-9-7-6-8-10-21)20-42-25-12-22(17-35-19-25)29(38)13-26-23(16-34)18-36-28-15-31(41-5)30(40-4)14-27(26)28/h6-10,12,14-15,17-19,24H,11,13,20H2,1-5H3,(H,37,39)/t24-/m1/s1. The van der Waals surface area contributed by atoms with Crippen LogP contribution in [-0.2, 0) is 17.6 Å². The Hall–Kier alpha value is -5.17. The Balaban J connectivity index is 1.53. The van der Waals surface area contributed by atoms with E-state index in [1.54, 1.807) is 39.0 Å². The van der Waals surface area contributed by atoms with Crippen LogP contribution in [0.25, 0.3) is 10.9 Å². The van der Waals surface area contributed by atoms with E-state index in [0.29, 0.717) is 45.7 Å². The molecular weight excluding hydrogens is 548 g/mol. The number of Topliss-reactive ketones (excluding diaryl/α,β-unsaturated/α-hetero) is 1. The summed E-state index contributed by atoms with van der Waals surface area (Å²) in [6, 6.07) is 16.4. The monoisotopic (exact) mass is 582 g/mol. The molecule has 1 amide bonds. The smallest absolute Gasteiger partial charge is 0.408 e. The van der Waals surface area contributed by atoms with E-state index < -0.39 is 17.7 Å². The molecule has 0 bridgehead atoms. The van der Waals surface area contributed by atoms with Crippen molar-refractivity contribution in [3.63, 3.8) is 0 Å². The molecule has 2 heterocycles. The maximum absolute atomic E-state index is 13.5. The van der Waals surface area contributed by atoms with Crippen LogP contribution in [0.1, 0.15) is 47.8 Å². The maximum Gasteiger partial charge on any atom is 0.408 e. The SMILES string of the molecule is COc1cc2ncc(C#N)c(CC(=O)c3cncc(OC[C@@H](Cc4ccccc4)NC(=O)OC(C)(C)C)c3)c2cc1OC. The number of aromatic nitrogens is 2. The Morgan fingerprint density at radius 1 is 1.00 bits per heavy atom. The number of benzene rings is 2. The lowest BCUT2D eigenvalue weighted by Crippen LogP contribution is -2.43. The zero-order chi connectivity index (χ0) is 31.0. The third kappa shape index (κ3) is 8.20. The summed E-state index contributed by atoms with van der Waals surface area (Å²) in [6.45, 7) is 5.50. The number of nitrogens with one attached hydrogen (secondary N) is 1. The van der Waals surface area contributed by atoms with Gasteiger partial charge in [-0.2, -0.15) is 5.26 Å². The zero-order valence-corrected chi connectivity index (χ0v) is 24.8. The van der Waals surface area contributed by atoms with E-state index in [1.165, 1.54) is 32.8 Å². The average Bonchev–Trinajstić information content (AvgIpc) is 2.99. The van der Waals surface area contributed by atoms with E-state index in [0.717, 1.165) is 5.56 Å². The van der Waals surface area contributed by atoms with Crippen LogP contribution in [0, 0.1) is 11.3 Å². The molecule has 10 heteroatoms. The van der Waals surface area contributed by atoms with Gasteiger partial charge in [0.25, 0.3) is 0 Å². The molecule has 4 rings (SSSR count). The second kappa shape index (κ2) is 13.7. The molecule has 0 saturated carbocycles. The van der Waals surface area contributed by atoms with Crippen molar-refractivity contribution in [1.29, 1.82) is 5.26 Å². The molecule has 0 saturated heterocycles. The molecule has 43 heavy (non-hydrogen) atoms. The highest BCUT2D eigenvalue weighted by molar-refractivity contribution is 6.00. The lowest BCUT2D eigenvalue weighted by Gasteiger charge is -2.24. The number of carbonyl (C=O) groups is 2. The molecule has 2 aromatic heterocycles. The first-order valence-electron chi connectivity index (χ1n) is 13.7. The van der Waals surface area contributed by atoms with Gasteiger partial charge in [-0.1, -0.05) is 30.3 Å². The first-order valence-corrected chi connectivity index (χ1v) is 13.7. The Morgan fingerprint density at radius 3 is 2.40 bits per heavy atom. The zero-order valence-electron chi connectivity index (χ0n) is 24.8. The number of hydrogen-bond acceptors (Lipinski definition) is 9. The van der Waals surface area contributed by atoms with Gasteiger partial charge in [-0.25, -0.2) is 4.79 Å². The number of fused-ring (bicyclic) bond motifs is 1. The predicted molar refractivity (Wildman–Crippen MR) is 161 cm³/mol. The number of carbonyl (C=O) groups excluding carboxylic acids is 2. The normalized spacial score (nSPS) is 11.7. The van der Waals surface area contributed by atoms with Crippen LogP contribution in [0.15, 0.2) is 67.1 Å². The fourth-order valence-electron chi connectivity index (χ4n) is 4.49. The van der Waals surface area contributed by atoms with Crippen molar-refractivity contribution < 1.29 is 28.5 Å². The second-order valence-corrected chi connectivity index (χ2v) is 10.8. The highest BCUT2D eigenvalue weighted by Crippen LogP contribution is 2.34. The number of nitriles is 1. The van der Waals surface area contributed by atoms with Gasteiger partial charge in [0.05, 0.1) is 37.5 Å². The highest BCUT2D eigenvalue weighted by atomic mass is 16.6. The van der Waals surface area contributed by atoms with Gasteiger partial charge in [-0.05, 0) is 50.5 Å². The molecule has 0 unspecified atom stereocenters. The number of nitrogens with zero attached hydrogens (tertiary/aromatic N) is 3. The highest BCUT2D eigenvalue weighted by Gasteiger charge is 2.21. The van der Waals surface area contributed by atoms with Gasteiger partial charge in [0, 0.05) is 35.8 Å². The van der Waals surface area contributed by atoms with Crippen molar-refractivity contribution in [2.24, 2.45) is 0 Å². The van der Waals surface area contributed by atoms with Crippen molar-refractivity contribution in [1.82, 2.24) is 15.3 Å². The summed E-state index contributed by atoms with van der Waals surface area (Å²) >= 11 is 0. The Morgan fingerprint density at radius 2 is 1.72 bits per heavy atom. The minimum absolute atomic E-state index is 0.0701. The van der Waals surface area contributed by atoms with Crippen LogP contribution in [0.5, 0.6) is 17.2 Å². The predicted octanol–water partition coefficient (Wildman–Crippen LogP) is 5.46. The van der Waals surface area contributed by atoms with Crippen LogP contribution >= 0.6 is 0 Å². The maximum atomic E-state index is 13.5. The average molecular weight is 583 g/mol. The summed E-state index contributed by atoms with van der Waals surface area (Å²) in [4.78, 5) is 34.5. The Kier molecular flexibility index (Phi) is 9.78. The fraction of sp³-hybridized carbons (Fsp3) is 0.303. The largest absolute Gasteiger partial charge is 0.493 e. The molecule has 0 radical (unpaired) electrons. The number of methoxy groups -OCH3 is 2. The summed E-state index contributed by atoms with van der Waals surface area (Å²) < 4.78 is 22.2. The Bertz CT molecular complexity index is 1640. The molecular formula is C33H34N4O6. The van der Waals surface area contributed by atoms with Crippen molar-refractivity contribution in [2.45, 2.75) is 45.3 Å². The van der Waals surface area contributed by atoms with Gasteiger partial charge in [-0.15, -0.1) is 0 Å². The molecule has 0 spiro atoms. The van der Waals surface area contributed by atoms with E-state index in [4.69, 9.17) is 18.9 Å². The molecule has 0 aliphatic heterocycles. The van der Waals surface area contributed by atoms with E-state index in [2.05, 4.69) is 21.4 Å². The summed E-state index contributed by atoms with van der Waals surface area (Å²) in [6.07, 6.45) is 4.29. The van der Waals surface area contributed by atoms with Gasteiger partial charge in [0.1, 0.15) is 24.0 Å². The van der Waals surface area contributed by atoms with Crippen LogP contribution in [-0.4, -0.2) is 54.3 Å². The molecule has 4 aromatic rings. The molecule has 1 atom stereocenters. The van der Waals surface area contributed by atoms with E-state index >= 15 is 0 Å². The van der Waals surface area contributed by atoms with Gasteiger partial charge in [0.2, 0.25) is 0 Å². The Labute approximate surface area is 250 Å². The van der Waals surface area contributed by atoms with E-state index in [1.807, 2.05) is 30.3 Å². The number of ether oxygens (including phenoxy) is 4. The first kappa shape index (κ1) is 30.8. The third-order valence-corrected chi connectivity index (χ3v) is 6.47. The minimum atomic E-state index is -0.649. The van der Waals surface area contributed by atoms with Crippen molar-refractivity contribution in [3.8, 4) is 23.3 Å². The molecule has 2 aromatic carbocycles. The van der Waals surface area contributed by atoms with Crippen LogP contribution in [0.4, 0.5) is 4.79 Å². The van der Waals surface area contributed by atoms with Crippen molar-refractivity contribution >= 4 is 22.8 Å². The molecule has 1 N–H and O–H groups in total. The van der Waals surface area contributed by atoms with E-state index in [9.17, 15) is 14.9 Å². The third-order valence-electron chi connectivity index (χ3n) is 6.47. The van der Waals surface area contributed by atoms with Gasteiger partial charge in [0.15, 0.2) is 17.3 Å². The summed E-state index contributed by atoms with van der Waals surface area (Å²) in [7, 11) is 3.04. The molecule has 0 aliphatic rings.